The first-order chi connectivity index (χ1) is 11.7. The number of carbonyl (C=O) groups is 2. The van der Waals surface area contributed by atoms with E-state index in [1.54, 1.807) is 36.2 Å². The van der Waals surface area contributed by atoms with Crippen LogP contribution in [-0.4, -0.2) is 43.0 Å². The van der Waals surface area contributed by atoms with E-state index in [9.17, 15) is 9.59 Å². The van der Waals surface area contributed by atoms with Crippen molar-refractivity contribution in [1.29, 1.82) is 0 Å². The zero-order valence-electron chi connectivity index (χ0n) is 14.5. The summed E-state index contributed by atoms with van der Waals surface area (Å²) in [6, 6.07) is 3.20. The van der Waals surface area contributed by atoms with Gasteiger partial charge in [0, 0.05) is 13.0 Å². The molecule has 0 spiro atoms. The molecule has 0 aliphatic rings. The van der Waals surface area contributed by atoms with Crippen LogP contribution in [0.25, 0.3) is 6.08 Å². The minimum atomic E-state index is -0.351. The van der Waals surface area contributed by atoms with E-state index >= 15 is 0 Å². The van der Waals surface area contributed by atoms with E-state index < -0.39 is 0 Å². The van der Waals surface area contributed by atoms with Crippen molar-refractivity contribution in [2.24, 2.45) is 0 Å². The fourth-order valence-corrected chi connectivity index (χ4v) is 2.44. The van der Waals surface area contributed by atoms with Gasteiger partial charge < -0.3 is 14.5 Å². The van der Waals surface area contributed by atoms with E-state index in [4.69, 9.17) is 9.15 Å². The molecule has 0 aromatic carbocycles. The maximum Gasteiger partial charge on any atom is 0.323 e. The van der Waals surface area contributed by atoms with Crippen molar-refractivity contribution in [3.63, 3.8) is 0 Å². The molecular weight excluding hydrogens is 326 g/mol. The van der Waals surface area contributed by atoms with Gasteiger partial charge in [0.05, 0.1) is 12.9 Å². The molecular formula is C18H27NO4S. The Morgan fingerprint density at radius 2 is 2.29 bits per heavy atom. The summed E-state index contributed by atoms with van der Waals surface area (Å²) in [6.45, 7) is 2.96. The number of furan rings is 1. The van der Waals surface area contributed by atoms with Crippen LogP contribution in [0.3, 0.4) is 0 Å². The molecule has 0 bridgehead atoms. The Hall–Kier alpha value is -1.53. The Morgan fingerprint density at radius 1 is 1.46 bits per heavy atom. The van der Waals surface area contributed by atoms with Gasteiger partial charge in [0.15, 0.2) is 5.78 Å². The molecule has 0 amide bonds. The average Bonchev–Trinajstić information content (AvgIpc) is 3.09. The minimum absolute atomic E-state index is 0.0122. The van der Waals surface area contributed by atoms with E-state index in [1.165, 1.54) is 6.08 Å². The normalized spacial score (nSPS) is 12.4. The number of nitrogens with one attached hydrogen (secondary N) is 1. The number of ether oxygens (including phenoxy) is 1. The molecule has 1 atom stereocenters. The van der Waals surface area contributed by atoms with Crippen molar-refractivity contribution in [2.75, 3.05) is 25.2 Å². The van der Waals surface area contributed by atoms with Gasteiger partial charge in [0.2, 0.25) is 0 Å². The number of carbonyl (C=O) groups excluding carboxylic acids is 2. The number of unbranched alkanes of at least 4 members (excludes halogenated alkanes) is 1. The highest BCUT2D eigenvalue weighted by Crippen LogP contribution is 2.05. The second-order valence-corrected chi connectivity index (χ2v) is 6.36. The van der Waals surface area contributed by atoms with Crippen molar-refractivity contribution >= 4 is 29.6 Å². The van der Waals surface area contributed by atoms with Crippen molar-refractivity contribution in [1.82, 2.24) is 5.32 Å². The third kappa shape index (κ3) is 8.93. The van der Waals surface area contributed by atoms with Crippen LogP contribution in [0.2, 0.25) is 0 Å². The van der Waals surface area contributed by atoms with Crippen molar-refractivity contribution in [3.8, 4) is 0 Å². The smallest absolute Gasteiger partial charge is 0.323 e. The number of esters is 1. The molecule has 6 heteroatoms. The lowest BCUT2D eigenvalue weighted by Crippen LogP contribution is -2.39. The topological polar surface area (TPSA) is 68.5 Å². The lowest BCUT2D eigenvalue weighted by atomic mass is 10.2. The molecule has 1 N–H and O–H groups in total. The lowest BCUT2D eigenvalue weighted by Gasteiger charge is -2.17. The summed E-state index contributed by atoms with van der Waals surface area (Å²) < 4.78 is 10.4. The monoisotopic (exact) mass is 353 g/mol. The van der Waals surface area contributed by atoms with E-state index in [2.05, 4.69) is 12.2 Å². The van der Waals surface area contributed by atoms with E-state index in [-0.39, 0.29) is 17.8 Å². The molecule has 0 aliphatic carbocycles. The third-order valence-corrected chi connectivity index (χ3v) is 4.02. The molecule has 134 valence electrons. The molecule has 0 radical (unpaired) electrons. The first-order valence-corrected chi connectivity index (χ1v) is 9.70. The summed E-state index contributed by atoms with van der Waals surface area (Å²) in [5, 5.41) is 3.14. The fraction of sp³-hybridized carbons (Fsp3) is 0.556. The molecule has 1 aromatic heterocycles. The molecule has 0 unspecified atom stereocenters. The highest BCUT2D eigenvalue weighted by Gasteiger charge is 2.18. The molecule has 24 heavy (non-hydrogen) atoms. The second kappa shape index (κ2) is 12.8. The van der Waals surface area contributed by atoms with E-state index in [1.807, 2.05) is 6.26 Å². The Labute approximate surface area is 148 Å². The molecule has 1 rings (SSSR count). The number of allylic oxidation sites excluding steroid dienone is 1. The average molecular weight is 353 g/mol. The first kappa shape index (κ1) is 20.5. The number of ketones is 1. The summed E-state index contributed by atoms with van der Waals surface area (Å²) in [5.41, 5.74) is 0. The molecule has 1 aromatic rings. The van der Waals surface area contributed by atoms with Gasteiger partial charge in [-0.2, -0.15) is 11.8 Å². The molecule has 0 aliphatic heterocycles. The van der Waals surface area contributed by atoms with Gasteiger partial charge in [-0.05, 0) is 49.1 Å². The Balaban J connectivity index is 2.34. The van der Waals surface area contributed by atoms with Crippen LogP contribution >= 0.6 is 11.8 Å². The molecule has 0 saturated carbocycles. The zero-order chi connectivity index (χ0) is 17.6. The predicted octanol–water partition coefficient (Wildman–Crippen LogP) is 3.31. The molecule has 1 heterocycles. The van der Waals surface area contributed by atoms with Crippen LogP contribution < -0.4 is 5.32 Å². The van der Waals surface area contributed by atoms with Gasteiger partial charge in [-0.3, -0.25) is 9.59 Å². The maximum atomic E-state index is 12.1. The van der Waals surface area contributed by atoms with Gasteiger partial charge in [-0.15, -0.1) is 0 Å². The van der Waals surface area contributed by atoms with Gasteiger partial charge in [0.1, 0.15) is 11.8 Å². The van der Waals surface area contributed by atoms with Crippen LogP contribution in [0.5, 0.6) is 0 Å². The van der Waals surface area contributed by atoms with Crippen LogP contribution in [0.1, 0.15) is 38.4 Å². The quantitative estimate of drug-likeness (QED) is 0.333. The number of rotatable bonds is 13. The fourth-order valence-electron chi connectivity index (χ4n) is 1.97. The molecule has 0 fully saturated rings. The van der Waals surface area contributed by atoms with Crippen LogP contribution in [-0.2, 0) is 14.3 Å². The van der Waals surface area contributed by atoms with Gasteiger partial charge in [-0.1, -0.05) is 13.3 Å². The van der Waals surface area contributed by atoms with Gasteiger partial charge in [-0.25, -0.2) is 0 Å². The minimum Gasteiger partial charge on any atom is -0.465 e. The zero-order valence-corrected chi connectivity index (χ0v) is 15.3. The summed E-state index contributed by atoms with van der Waals surface area (Å²) in [6.07, 6.45) is 9.60. The third-order valence-electron chi connectivity index (χ3n) is 3.38. The van der Waals surface area contributed by atoms with Crippen molar-refractivity contribution in [3.05, 3.63) is 30.2 Å². The summed E-state index contributed by atoms with van der Waals surface area (Å²) in [4.78, 5) is 23.9. The summed E-state index contributed by atoms with van der Waals surface area (Å²) in [5.74, 6) is 1.28. The second-order valence-electron chi connectivity index (χ2n) is 5.37. The highest BCUT2D eigenvalue weighted by molar-refractivity contribution is 7.98. The van der Waals surface area contributed by atoms with Gasteiger partial charge >= 0.3 is 5.97 Å². The van der Waals surface area contributed by atoms with Gasteiger partial charge in [0.25, 0.3) is 0 Å². The van der Waals surface area contributed by atoms with Crippen molar-refractivity contribution < 1.29 is 18.7 Å². The van der Waals surface area contributed by atoms with Crippen LogP contribution in [0.15, 0.2) is 28.9 Å². The maximum absolute atomic E-state index is 12.1. The molecule has 0 saturated heterocycles. The largest absolute Gasteiger partial charge is 0.465 e. The molecule has 5 nitrogen and oxygen atoms in total. The SMILES string of the molecule is CCCCOC(=O)[C@H](CCSC)NCCC(=O)/C=C/c1ccco1. The van der Waals surface area contributed by atoms with Crippen molar-refractivity contribution in [2.45, 2.75) is 38.6 Å². The Morgan fingerprint density at radius 3 is 2.96 bits per heavy atom. The number of thioether (sulfide) groups is 1. The number of hydrogen-bond donors (Lipinski definition) is 1. The van der Waals surface area contributed by atoms with Crippen LogP contribution in [0, 0.1) is 0 Å². The van der Waals surface area contributed by atoms with Crippen LogP contribution in [0.4, 0.5) is 0 Å². The number of hydrogen-bond acceptors (Lipinski definition) is 6. The Bertz CT molecular complexity index is 499. The standard InChI is InChI=1S/C18H27NO4S/c1-3-4-12-23-18(21)17(10-14-24-2)19-11-9-15(20)7-8-16-6-5-13-22-16/h5-8,13,17,19H,3-4,9-12,14H2,1-2H3/b8-7+/t17-/m0/s1. The Kier molecular flexibility index (Phi) is 11.0. The van der Waals surface area contributed by atoms with E-state index in [0.29, 0.717) is 31.8 Å². The predicted molar refractivity (Wildman–Crippen MR) is 98.0 cm³/mol. The highest BCUT2D eigenvalue weighted by atomic mass is 32.2. The summed E-state index contributed by atoms with van der Waals surface area (Å²) in [7, 11) is 0. The lowest BCUT2D eigenvalue weighted by molar-refractivity contribution is -0.146. The summed E-state index contributed by atoms with van der Waals surface area (Å²) >= 11 is 1.69. The first-order valence-electron chi connectivity index (χ1n) is 8.30. The van der Waals surface area contributed by atoms with E-state index in [0.717, 1.165) is 18.6 Å².